The van der Waals surface area contributed by atoms with Crippen molar-refractivity contribution >= 4 is 14.6 Å². The number of rotatable bonds is 3. The van der Waals surface area contributed by atoms with Gasteiger partial charge in [0.05, 0.1) is 0 Å². The highest BCUT2D eigenvalue weighted by Crippen LogP contribution is 1.99. The number of hydrogen-bond donors (Lipinski definition) is 3. The first-order chi connectivity index (χ1) is 4.48. The summed E-state index contributed by atoms with van der Waals surface area (Å²) in [5.41, 5.74) is 0. The van der Waals surface area contributed by atoms with E-state index in [4.69, 9.17) is 9.59 Å². The molecule has 0 aliphatic rings. The molecule has 0 atom stereocenters. The van der Waals surface area contributed by atoms with Crippen molar-refractivity contribution in [3.63, 3.8) is 0 Å². The summed E-state index contributed by atoms with van der Waals surface area (Å²) < 4.78 is 0. The van der Waals surface area contributed by atoms with Crippen LogP contribution in [0.15, 0.2) is 0 Å². The lowest BCUT2D eigenvalue weighted by atomic mass is 10.6. The van der Waals surface area contributed by atoms with Crippen molar-refractivity contribution in [2.24, 2.45) is 0 Å². The zero-order valence-corrected chi connectivity index (χ0v) is 7.22. The molecule has 5 heteroatoms. The van der Waals surface area contributed by atoms with Crippen LogP contribution in [0, 0.1) is 0 Å². The minimum absolute atomic E-state index is 0.284. The summed E-state index contributed by atoms with van der Waals surface area (Å²) in [5.74, 6) is -0.384. The lowest BCUT2D eigenvalue weighted by molar-refractivity contribution is -0.118. The van der Waals surface area contributed by atoms with Crippen LogP contribution in [-0.2, 0) is 4.79 Å². The van der Waals surface area contributed by atoms with E-state index in [0.717, 1.165) is 0 Å². The second-order valence-electron chi connectivity index (χ2n) is 2.25. The highest BCUT2D eigenvalue weighted by atomic mass is 28.4. The summed E-state index contributed by atoms with van der Waals surface area (Å²) in [4.78, 5) is 30.6. The molecule has 0 spiro atoms. The lowest BCUT2D eigenvalue weighted by Gasteiger charge is -2.15. The van der Waals surface area contributed by atoms with E-state index >= 15 is 0 Å². The van der Waals surface area contributed by atoms with Crippen molar-refractivity contribution in [2.45, 2.75) is 26.3 Å². The quantitative estimate of drug-likeness (QED) is 0.489. The summed E-state index contributed by atoms with van der Waals surface area (Å²) in [7, 11) is -3.37. The van der Waals surface area contributed by atoms with E-state index in [1.165, 1.54) is 6.92 Å². The molecule has 0 bridgehead atoms. The molecule has 60 valence electrons. The highest BCUT2D eigenvalue weighted by molar-refractivity contribution is 6.64. The number of carbonyl (C=O) groups excluding carboxylic acids is 1. The van der Waals surface area contributed by atoms with Gasteiger partial charge in [-0.25, -0.2) is 0 Å². The fourth-order valence-electron chi connectivity index (χ4n) is 0.693. The van der Waals surface area contributed by atoms with Crippen molar-refractivity contribution in [1.82, 2.24) is 4.98 Å². The molecule has 0 rings (SSSR count). The molecule has 10 heavy (non-hydrogen) atoms. The van der Waals surface area contributed by atoms with E-state index in [1.807, 2.05) is 6.92 Å². The van der Waals surface area contributed by atoms with Gasteiger partial charge in [0.15, 0.2) is 0 Å². The second kappa shape index (κ2) is 3.70. The van der Waals surface area contributed by atoms with Gasteiger partial charge in [0.2, 0.25) is 5.91 Å². The highest BCUT2D eigenvalue weighted by Gasteiger charge is 2.29. The van der Waals surface area contributed by atoms with Gasteiger partial charge in [-0.1, -0.05) is 13.3 Å². The maximum absolute atomic E-state index is 10.3. The van der Waals surface area contributed by atoms with Crippen LogP contribution < -0.4 is 4.98 Å². The van der Waals surface area contributed by atoms with Gasteiger partial charge in [-0.3, -0.25) is 4.79 Å². The van der Waals surface area contributed by atoms with Crippen LogP contribution in [0.1, 0.15) is 20.3 Å². The Labute approximate surface area is 61.2 Å². The van der Waals surface area contributed by atoms with E-state index in [0.29, 0.717) is 6.42 Å². The Balaban J connectivity index is 3.74. The van der Waals surface area contributed by atoms with Crippen molar-refractivity contribution in [1.29, 1.82) is 0 Å². The van der Waals surface area contributed by atoms with Gasteiger partial charge in [0, 0.05) is 13.0 Å². The fourth-order valence-corrected chi connectivity index (χ4v) is 2.08. The van der Waals surface area contributed by atoms with E-state index in [9.17, 15) is 4.79 Å². The predicted molar refractivity (Wildman–Crippen MR) is 39.1 cm³/mol. The molecule has 0 aromatic rings. The standard InChI is InChI=1S/C5H13NO3Si/c1-3-4-10(8,9)6-5(2)7/h8-9H,3-4H2,1-2H3,(H,6,7). The monoisotopic (exact) mass is 163 g/mol. The Bertz CT molecular complexity index is 126. The third-order valence-electron chi connectivity index (χ3n) is 0.975. The lowest BCUT2D eigenvalue weighted by Crippen LogP contribution is -2.53. The van der Waals surface area contributed by atoms with Crippen LogP contribution in [0.2, 0.25) is 6.04 Å². The van der Waals surface area contributed by atoms with Crippen LogP contribution >= 0.6 is 0 Å². The average Bonchev–Trinajstić information content (AvgIpc) is 1.59. The second-order valence-corrected chi connectivity index (χ2v) is 4.63. The zero-order valence-electron chi connectivity index (χ0n) is 6.22. The molecule has 0 saturated heterocycles. The predicted octanol–water partition coefficient (Wildman–Crippen LogP) is -0.544. The smallest absolute Gasteiger partial charge is 0.395 e. The first kappa shape index (κ1) is 9.61. The number of carbonyl (C=O) groups is 1. The Morgan fingerprint density at radius 3 is 2.40 bits per heavy atom. The van der Waals surface area contributed by atoms with Crippen molar-refractivity contribution in [3.05, 3.63) is 0 Å². The van der Waals surface area contributed by atoms with Gasteiger partial charge >= 0.3 is 8.72 Å². The fraction of sp³-hybridized carbons (Fsp3) is 0.800. The van der Waals surface area contributed by atoms with Gasteiger partial charge in [0.25, 0.3) is 0 Å². The van der Waals surface area contributed by atoms with E-state index < -0.39 is 8.72 Å². The first-order valence-corrected chi connectivity index (χ1v) is 5.31. The molecule has 0 saturated carbocycles. The summed E-state index contributed by atoms with van der Waals surface area (Å²) in [6.07, 6.45) is 0.666. The molecule has 1 amide bonds. The summed E-state index contributed by atoms with van der Waals surface area (Å²) in [5, 5.41) is 0. The Morgan fingerprint density at radius 1 is 1.60 bits per heavy atom. The molecule has 4 nitrogen and oxygen atoms in total. The van der Waals surface area contributed by atoms with Crippen LogP contribution in [0.25, 0.3) is 0 Å². The molecule has 0 unspecified atom stereocenters. The van der Waals surface area contributed by atoms with Crippen LogP contribution in [0.3, 0.4) is 0 Å². The molecule has 0 fully saturated rings. The van der Waals surface area contributed by atoms with Crippen molar-refractivity contribution in [3.8, 4) is 0 Å². The zero-order chi connectivity index (χ0) is 8.20. The van der Waals surface area contributed by atoms with Gasteiger partial charge in [-0.15, -0.1) is 0 Å². The number of amides is 1. The molecular formula is C5H13NO3Si. The molecule has 0 heterocycles. The van der Waals surface area contributed by atoms with E-state index in [1.54, 1.807) is 0 Å². The largest absolute Gasteiger partial charge is 0.453 e. The SMILES string of the molecule is CCC[Si](O)(O)NC(C)=O. The molecule has 3 N–H and O–H groups in total. The summed E-state index contributed by atoms with van der Waals surface area (Å²) in [6, 6.07) is 0.284. The van der Waals surface area contributed by atoms with Gasteiger partial charge in [-0.2, -0.15) is 0 Å². The molecule has 0 aliphatic heterocycles. The van der Waals surface area contributed by atoms with E-state index in [2.05, 4.69) is 4.98 Å². The maximum Gasteiger partial charge on any atom is 0.453 e. The van der Waals surface area contributed by atoms with Gasteiger partial charge in [-0.05, 0) is 0 Å². The van der Waals surface area contributed by atoms with Crippen LogP contribution in [0.5, 0.6) is 0 Å². The first-order valence-electron chi connectivity index (χ1n) is 3.21. The number of hydrogen-bond acceptors (Lipinski definition) is 3. The molecule has 0 aromatic heterocycles. The third kappa shape index (κ3) is 4.48. The topological polar surface area (TPSA) is 69.6 Å². The van der Waals surface area contributed by atoms with Gasteiger partial charge < -0.3 is 14.6 Å². The average molecular weight is 163 g/mol. The molecule has 0 aromatic carbocycles. The Kier molecular flexibility index (Phi) is 3.55. The normalized spacial score (nSPS) is 11.2. The van der Waals surface area contributed by atoms with Crippen LogP contribution in [0.4, 0.5) is 0 Å². The van der Waals surface area contributed by atoms with Crippen molar-refractivity contribution in [2.75, 3.05) is 0 Å². The minimum atomic E-state index is -3.37. The Hall–Kier alpha value is -0.393. The van der Waals surface area contributed by atoms with Gasteiger partial charge in [0.1, 0.15) is 0 Å². The third-order valence-corrected chi connectivity index (χ3v) is 2.92. The molecule has 0 radical (unpaired) electrons. The van der Waals surface area contributed by atoms with E-state index in [-0.39, 0.29) is 12.0 Å². The van der Waals surface area contributed by atoms with Crippen molar-refractivity contribution < 1.29 is 14.4 Å². The minimum Gasteiger partial charge on any atom is -0.395 e. The summed E-state index contributed by atoms with van der Waals surface area (Å²) in [6.45, 7) is 3.10. The maximum atomic E-state index is 10.3. The van der Waals surface area contributed by atoms with Crippen LogP contribution in [-0.4, -0.2) is 24.2 Å². The number of nitrogens with one attached hydrogen (secondary N) is 1. The Morgan fingerprint density at radius 2 is 2.10 bits per heavy atom. The molecular weight excluding hydrogens is 150 g/mol. The molecule has 0 aliphatic carbocycles. The summed E-state index contributed by atoms with van der Waals surface area (Å²) >= 11 is 0.